The van der Waals surface area contributed by atoms with Gasteiger partial charge in [-0.1, -0.05) is 6.07 Å². The second kappa shape index (κ2) is 10.1. The molecular weight excluding hydrogens is 454 g/mol. The van der Waals surface area contributed by atoms with Crippen LogP contribution in [0.3, 0.4) is 0 Å². The van der Waals surface area contributed by atoms with Crippen LogP contribution in [0.4, 0.5) is 5.69 Å². The Morgan fingerprint density at radius 3 is 2.56 bits per heavy atom. The summed E-state index contributed by atoms with van der Waals surface area (Å²) in [6, 6.07) is 10.2. The summed E-state index contributed by atoms with van der Waals surface area (Å²) in [5.41, 5.74) is 6.47. The zero-order valence-corrected chi connectivity index (χ0v) is 20.9. The molecule has 0 bridgehead atoms. The van der Waals surface area contributed by atoms with E-state index in [9.17, 15) is 14.7 Å². The van der Waals surface area contributed by atoms with Gasteiger partial charge in [0.15, 0.2) is 0 Å². The number of aromatic nitrogens is 1. The van der Waals surface area contributed by atoms with Gasteiger partial charge in [0.05, 0.1) is 11.6 Å². The minimum Gasteiger partial charge on any atom is -0.478 e. The lowest BCUT2D eigenvalue weighted by Crippen LogP contribution is -2.38. The molecular formula is C28H33N5O3. The fourth-order valence-corrected chi connectivity index (χ4v) is 5.58. The summed E-state index contributed by atoms with van der Waals surface area (Å²) in [7, 11) is 0. The lowest BCUT2D eigenvalue weighted by Gasteiger charge is -2.34. The number of hydrogen-bond acceptors (Lipinski definition) is 6. The molecule has 8 nitrogen and oxygen atoms in total. The predicted molar refractivity (Wildman–Crippen MR) is 139 cm³/mol. The summed E-state index contributed by atoms with van der Waals surface area (Å²) in [5, 5.41) is 12.5. The first-order chi connectivity index (χ1) is 17.4. The van der Waals surface area contributed by atoms with Gasteiger partial charge < -0.3 is 20.2 Å². The van der Waals surface area contributed by atoms with Gasteiger partial charge in [-0.05, 0) is 80.8 Å². The Labute approximate surface area is 211 Å². The number of aryl methyl sites for hydroxylation is 3. The van der Waals surface area contributed by atoms with Crippen LogP contribution in [0.5, 0.6) is 0 Å². The average Bonchev–Trinajstić information content (AvgIpc) is 3.30. The van der Waals surface area contributed by atoms with Gasteiger partial charge in [0.2, 0.25) is 0 Å². The highest BCUT2D eigenvalue weighted by Gasteiger charge is 2.29. The Balaban J connectivity index is 1.18. The third-order valence-corrected chi connectivity index (χ3v) is 7.48. The zero-order valence-electron chi connectivity index (χ0n) is 20.9. The van der Waals surface area contributed by atoms with Crippen LogP contribution in [0.15, 0.2) is 47.1 Å². The number of piperidine rings is 1. The molecule has 1 fully saturated rings. The molecule has 0 spiro atoms. The van der Waals surface area contributed by atoms with E-state index >= 15 is 0 Å². The molecule has 0 saturated carbocycles. The summed E-state index contributed by atoms with van der Waals surface area (Å²) in [6.07, 6.45) is 6.95. The van der Waals surface area contributed by atoms with Crippen molar-refractivity contribution in [3.63, 3.8) is 0 Å². The molecule has 1 amide bonds. The predicted octanol–water partition coefficient (Wildman–Crippen LogP) is 3.64. The van der Waals surface area contributed by atoms with E-state index in [4.69, 9.17) is 0 Å². The number of rotatable bonds is 6. The van der Waals surface area contributed by atoms with E-state index in [-0.39, 0.29) is 17.5 Å². The highest BCUT2D eigenvalue weighted by molar-refractivity contribution is 6.08. The standard InChI is InChI=1S/C28H33N5O3/c1-18-11-24(12-19(2)31-18)32-9-7-20(8-10-32)14-30-27(34)22-4-3-21-5-6-26(25(21)13-22)33-16-23(28(35)36)15-29-17-33/h3-4,11-13,15-16,20,26H,5-10,14,17H2,1-2H3,(H,30,34)(H,35,36). The summed E-state index contributed by atoms with van der Waals surface area (Å²) in [4.78, 5) is 37.5. The first-order valence-corrected chi connectivity index (χ1v) is 12.7. The second-order valence-corrected chi connectivity index (χ2v) is 10.1. The summed E-state index contributed by atoms with van der Waals surface area (Å²) >= 11 is 0. The maximum Gasteiger partial charge on any atom is 0.338 e. The molecule has 1 aromatic carbocycles. The topological polar surface area (TPSA) is 98.1 Å². The molecule has 1 aliphatic carbocycles. The van der Waals surface area contributed by atoms with E-state index < -0.39 is 5.97 Å². The van der Waals surface area contributed by atoms with Gasteiger partial charge in [-0.25, -0.2) is 4.79 Å². The van der Waals surface area contributed by atoms with Gasteiger partial charge >= 0.3 is 5.97 Å². The minimum absolute atomic E-state index is 0.0318. The largest absolute Gasteiger partial charge is 0.478 e. The van der Waals surface area contributed by atoms with E-state index in [1.807, 2.05) is 36.9 Å². The second-order valence-electron chi connectivity index (χ2n) is 10.1. The molecule has 3 heterocycles. The Kier molecular flexibility index (Phi) is 6.76. The molecule has 8 heteroatoms. The van der Waals surface area contributed by atoms with Crippen LogP contribution in [-0.2, 0) is 11.2 Å². The Morgan fingerprint density at radius 2 is 1.83 bits per heavy atom. The maximum absolute atomic E-state index is 13.0. The Morgan fingerprint density at radius 1 is 1.08 bits per heavy atom. The molecule has 1 atom stereocenters. The smallest absolute Gasteiger partial charge is 0.338 e. The van der Waals surface area contributed by atoms with Crippen molar-refractivity contribution in [1.29, 1.82) is 0 Å². The number of carbonyl (C=O) groups is 2. The summed E-state index contributed by atoms with van der Waals surface area (Å²) < 4.78 is 0. The number of carboxylic acid groups (broad SMARTS) is 1. The first-order valence-electron chi connectivity index (χ1n) is 12.7. The molecule has 0 radical (unpaired) electrons. The molecule has 2 aliphatic heterocycles. The number of aliphatic imine (C=N–C) groups is 1. The summed E-state index contributed by atoms with van der Waals surface area (Å²) in [6.45, 7) is 7.12. The van der Waals surface area contributed by atoms with Crippen molar-refractivity contribution in [1.82, 2.24) is 15.2 Å². The van der Waals surface area contributed by atoms with Crippen LogP contribution in [0.1, 0.15) is 58.2 Å². The van der Waals surface area contributed by atoms with Crippen LogP contribution in [-0.4, -0.2) is 59.4 Å². The third kappa shape index (κ3) is 5.12. The normalized spacial score (nSPS) is 19.7. The van der Waals surface area contributed by atoms with Crippen LogP contribution >= 0.6 is 0 Å². The van der Waals surface area contributed by atoms with Crippen molar-refractivity contribution >= 4 is 23.8 Å². The number of nitrogens with zero attached hydrogens (tertiary/aromatic N) is 4. The monoisotopic (exact) mass is 487 g/mol. The molecule has 36 heavy (non-hydrogen) atoms. The van der Waals surface area contributed by atoms with Gasteiger partial charge in [0.1, 0.15) is 6.67 Å². The minimum atomic E-state index is -0.980. The van der Waals surface area contributed by atoms with Crippen molar-refractivity contribution in [3.05, 3.63) is 70.2 Å². The molecule has 188 valence electrons. The summed E-state index contributed by atoms with van der Waals surface area (Å²) in [5.74, 6) is -0.571. The zero-order chi connectivity index (χ0) is 25.2. The number of hydrogen-bond donors (Lipinski definition) is 2. The number of fused-ring (bicyclic) bond motifs is 1. The van der Waals surface area contributed by atoms with E-state index in [1.54, 1.807) is 6.20 Å². The van der Waals surface area contributed by atoms with Crippen molar-refractivity contribution in [2.45, 2.75) is 45.6 Å². The highest BCUT2D eigenvalue weighted by Crippen LogP contribution is 2.37. The van der Waals surface area contributed by atoms with Gasteiger partial charge in [0, 0.05) is 54.7 Å². The van der Waals surface area contributed by atoms with Gasteiger partial charge in [0.25, 0.3) is 5.91 Å². The van der Waals surface area contributed by atoms with Crippen molar-refractivity contribution in [3.8, 4) is 0 Å². The molecule has 5 rings (SSSR count). The van der Waals surface area contributed by atoms with Crippen LogP contribution in [0, 0.1) is 19.8 Å². The van der Waals surface area contributed by atoms with E-state index in [2.05, 4.69) is 32.3 Å². The number of carbonyl (C=O) groups excluding carboxylic acids is 1. The first kappa shape index (κ1) is 24.0. The SMILES string of the molecule is Cc1cc(N2CCC(CNC(=O)c3ccc4c(c3)C(N3C=C(C(=O)O)C=NC3)CC4)CC2)cc(C)n1. The van der Waals surface area contributed by atoms with E-state index in [0.29, 0.717) is 24.7 Å². The molecule has 3 aliphatic rings. The van der Waals surface area contributed by atoms with Crippen LogP contribution in [0.25, 0.3) is 0 Å². The lowest BCUT2D eigenvalue weighted by molar-refractivity contribution is -0.132. The molecule has 2 N–H and O–H groups in total. The Hall–Kier alpha value is -3.68. The fraction of sp³-hybridized carbons (Fsp3) is 0.429. The van der Waals surface area contributed by atoms with Crippen molar-refractivity contribution in [2.75, 3.05) is 31.2 Å². The van der Waals surface area contributed by atoms with Crippen molar-refractivity contribution in [2.24, 2.45) is 10.9 Å². The van der Waals surface area contributed by atoms with E-state index in [1.165, 1.54) is 17.5 Å². The fourth-order valence-electron chi connectivity index (χ4n) is 5.58. The highest BCUT2D eigenvalue weighted by atomic mass is 16.4. The number of amides is 1. The number of anilines is 1. The average molecular weight is 488 g/mol. The molecule has 2 aromatic rings. The number of benzene rings is 1. The Bertz CT molecular complexity index is 1210. The van der Waals surface area contributed by atoms with Crippen LogP contribution < -0.4 is 10.2 Å². The molecule has 1 unspecified atom stereocenters. The number of carboxylic acids is 1. The number of aliphatic carboxylic acids is 1. The van der Waals surface area contributed by atoms with Gasteiger partial charge in [-0.2, -0.15) is 0 Å². The van der Waals surface area contributed by atoms with Gasteiger partial charge in [-0.15, -0.1) is 0 Å². The van der Waals surface area contributed by atoms with Crippen molar-refractivity contribution < 1.29 is 14.7 Å². The van der Waals surface area contributed by atoms with E-state index in [0.717, 1.165) is 55.7 Å². The quantitative estimate of drug-likeness (QED) is 0.646. The third-order valence-electron chi connectivity index (χ3n) is 7.48. The molecule has 1 saturated heterocycles. The maximum atomic E-state index is 13.0. The molecule has 1 aromatic heterocycles. The van der Waals surface area contributed by atoms with Gasteiger partial charge in [-0.3, -0.25) is 14.8 Å². The number of pyridine rings is 1. The number of nitrogens with one attached hydrogen (secondary N) is 1. The lowest BCUT2D eigenvalue weighted by atomic mass is 9.96. The van der Waals surface area contributed by atoms with Crippen LogP contribution in [0.2, 0.25) is 0 Å².